The van der Waals surface area contributed by atoms with E-state index >= 15 is 0 Å². The summed E-state index contributed by atoms with van der Waals surface area (Å²) in [6.45, 7) is 9.14. The summed E-state index contributed by atoms with van der Waals surface area (Å²) < 4.78 is 0. The van der Waals surface area contributed by atoms with Crippen molar-refractivity contribution in [1.82, 2.24) is 9.80 Å². The molecule has 1 aromatic rings. The maximum absolute atomic E-state index is 12.6. The molecule has 0 N–H and O–H groups in total. The molecule has 1 saturated heterocycles. The van der Waals surface area contributed by atoms with Crippen molar-refractivity contribution in [2.75, 3.05) is 26.2 Å². The minimum Gasteiger partial charge on any atom is -0.339 e. The molecule has 0 atom stereocenters. The van der Waals surface area contributed by atoms with Crippen molar-refractivity contribution in [1.29, 1.82) is 0 Å². The molecule has 1 heterocycles. The largest absolute Gasteiger partial charge is 0.339 e. The highest BCUT2D eigenvalue weighted by atomic mass is 16.2. The lowest BCUT2D eigenvalue weighted by Crippen LogP contribution is -2.38. The van der Waals surface area contributed by atoms with E-state index in [4.69, 9.17) is 0 Å². The second-order valence-electron chi connectivity index (χ2n) is 6.03. The molecular weight excluding hydrogens is 276 g/mol. The molecule has 1 aromatic carbocycles. The Morgan fingerprint density at radius 1 is 1.14 bits per heavy atom. The number of nitrogens with zero attached hydrogens (tertiary/aromatic N) is 2. The lowest BCUT2D eigenvalue weighted by atomic mass is 9.98. The Hall–Kier alpha value is -1.84. The van der Waals surface area contributed by atoms with Crippen molar-refractivity contribution in [2.45, 2.75) is 33.6 Å². The number of carbonyl (C=O) groups is 2. The summed E-state index contributed by atoms with van der Waals surface area (Å²) >= 11 is 0. The van der Waals surface area contributed by atoms with Gasteiger partial charge in [-0.2, -0.15) is 0 Å². The fourth-order valence-corrected chi connectivity index (χ4v) is 2.87. The Bertz CT molecular complexity index is 530. The number of hydrogen-bond acceptors (Lipinski definition) is 2. The van der Waals surface area contributed by atoms with Crippen molar-refractivity contribution in [3.05, 3.63) is 35.4 Å². The zero-order chi connectivity index (χ0) is 16.1. The SMILES string of the molecule is CCN(CC)C(=O)c1cccc(C(=O)N2CCC(C)CC2)c1. The van der Waals surface area contributed by atoms with Gasteiger partial charge in [-0.1, -0.05) is 13.0 Å². The molecule has 4 heteroatoms. The summed E-state index contributed by atoms with van der Waals surface area (Å²) in [4.78, 5) is 28.7. The molecule has 2 rings (SSSR count). The van der Waals surface area contributed by atoms with E-state index in [9.17, 15) is 9.59 Å². The Morgan fingerprint density at radius 3 is 2.32 bits per heavy atom. The lowest BCUT2D eigenvalue weighted by Gasteiger charge is -2.30. The number of piperidine rings is 1. The first-order valence-electron chi connectivity index (χ1n) is 8.25. The highest BCUT2D eigenvalue weighted by molar-refractivity contribution is 5.99. The van der Waals surface area contributed by atoms with Crippen molar-refractivity contribution in [3.8, 4) is 0 Å². The second kappa shape index (κ2) is 7.43. The molecule has 2 amide bonds. The van der Waals surface area contributed by atoms with Gasteiger partial charge in [-0.15, -0.1) is 0 Å². The predicted molar refractivity (Wildman–Crippen MR) is 88.0 cm³/mol. The van der Waals surface area contributed by atoms with Crippen LogP contribution in [0.1, 0.15) is 54.3 Å². The summed E-state index contributed by atoms with van der Waals surface area (Å²) in [7, 11) is 0. The monoisotopic (exact) mass is 302 g/mol. The molecule has 0 aromatic heterocycles. The quantitative estimate of drug-likeness (QED) is 0.857. The number of amides is 2. The molecule has 0 saturated carbocycles. The number of carbonyl (C=O) groups excluding carboxylic acids is 2. The van der Waals surface area contributed by atoms with Crippen molar-refractivity contribution < 1.29 is 9.59 Å². The van der Waals surface area contributed by atoms with E-state index in [-0.39, 0.29) is 11.8 Å². The summed E-state index contributed by atoms with van der Waals surface area (Å²) in [5.74, 6) is 0.729. The van der Waals surface area contributed by atoms with Crippen molar-refractivity contribution in [2.24, 2.45) is 5.92 Å². The van der Waals surface area contributed by atoms with Crippen LogP contribution in [0.3, 0.4) is 0 Å². The number of rotatable bonds is 4. The van der Waals surface area contributed by atoms with E-state index in [1.807, 2.05) is 18.7 Å². The van der Waals surface area contributed by atoms with Gasteiger partial charge in [0.15, 0.2) is 0 Å². The van der Waals surface area contributed by atoms with Crippen LogP contribution in [-0.4, -0.2) is 47.8 Å². The van der Waals surface area contributed by atoms with Gasteiger partial charge < -0.3 is 9.80 Å². The molecule has 22 heavy (non-hydrogen) atoms. The smallest absolute Gasteiger partial charge is 0.253 e. The van der Waals surface area contributed by atoms with Crippen LogP contribution in [-0.2, 0) is 0 Å². The minimum atomic E-state index is -0.00748. The fraction of sp³-hybridized carbons (Fsp3) is 0.556. The van der Waals surface area contributed by atoms with E-state index in [0.29, 0.717) is 30.1 Å². The highest BCUT2D eigenvalue weighted by Crippen LogP contribution is 2.19. The van der Waals surface area contributed by atoms with E-state index in [0.717, 1.165) is 25.9 Å². The van der Waals surface area contributed by atoms with Gasteiger partial charge in [0, 0.05) is 37.3 Å². The topological polar surface area (TPSA) is 40.6 Å². The first-order valence-corrected chi connectivity index (χ1v) is 8.25. The molecule has 0 radical (unpaired) electrons. The van der Waals surface area contributed by atoms with Crippen molar-refractivity contribution >= 4 is 11.8 Å². The minimum absolute atomic E-state index is 0.00748. The van der Waals surface area contributed by atoms with Gasteiger partial charge in [-0.05, 0) is 50.8 Å². The third-order valence-corrected chi connectivity index (χ3v) is 4.48. The average Bonchev–Trinajstić information content (AvgIpc) is 2.56. The van der Waals surface area contributed by atoms with Crippen LogP contribution < -0.4 is 0 Å². The number of likely N-dealkylation sites (tertiary alicyclic amines) is 1. The van der Waals surface area contributed by atoms with E-state index in [2.05, 4.69) is 6.92 Å². The molecule has 120 valence electrons. The average molecular weight is 302 g/mol. The zero-order valence-electron chi connectivity index (χ0n) is 13.8. The van der Waals surface area contributed by atoms with Gasteiger partial charge in [0.25, 0.3) is 11.8 Å². The molecule has 4 nitrogen and oxygen atoms in total. The molecular formula is C18H26N2O2. The Labute approximate surface area is 133 Å². The number of hydrogen-bond donors (Lipinski definition) is 0. The Morgan fingerprint density at radius 2 is 1.73 bits per heavy atom. The van der Waals surface area contributed by atoms with Crippen LogP contribution in [0.25, 0.3) is 0 Å². The third-order valence-electron chi connectivity index (χ3n) is 4.48. The van der Waals surface area contributed by atoms with Gasteiger partial charge in [0.2, 0.25) is 0 Å². The summed E-state index contributed by atoms with van der Waals surface area (Å²) in [5, 5.41) is 0. The maximum Gasteiger partial charge on any atom is 0.253 e. The molecule has 0 spiro atoms. The van der Waals surface area contributed by atoms with Gasteiger partial charge in [-0.3, -0.25) is 9.59 Å². The van der Waals surface area contributed by atoms with Crippen LogP contribution >= 0.6 is 0 Å². The standard InChI is InChI=1S/C18H26N2O2/c1-4-19(5-2)17(21)15-7-6-8-16(13-15)18(22)20-11-9-14(3)10-12-20/h6-8,13-14H,4-5,9-12H2,1-3H3. The molecule has 0 unspecified atom stereocenters. The number of benzene rings is 1. The van der Waals surface area contributed by atoms with Crippen LogP contribution in [0.15, 0.2) is 24.3 Å². The van der Waals surface area contributed by atoms with E-state index in [1.54, 1.807) is 29.2 Å². The summed E-state index contributed by atoms with van der Waals surface area (Å²) in [5.41, 5.74) is 1.22. The van der Waals surface area contributed by atoms with Gasteiger partial charge in [0.05, 0.1) is 0 Å². The van der Waals surface area contributed by atoms with Crippen LogP contribution in [0.4, 0.5) is 0 Å². The second-order valence-corrected chi connectivity index (χ2v) is 6.03. The molecule has 0 aliphatic carbocycles. The molecule has 1 aliphatic heterocycles. The van der Waals surface area contributed by atoms with Gasteiger partial charge >= 0.3 is 0 Å². The molecule has 1 fully saturated rings. The lowest BCUT2D eigenvalue weighted by molar-refractivity contribution is 0.0697. The predicted octanol–water partition coefficient (Wildman–Crippen LogP) is 3.04. The van der Waals surface area contributed by atoms with E-state index < -0.39 is 0 Å². The Kier molecular flexibility index (Phi) is 5.58. The Balaban J connectivity index is 2.14. The van der Waals surface area contributed by atoms with Gasteiger partial charge in [-0.25, -0.2) is 0 Å². The third kappa shape index (κ3) is 3.67. The first-order chi connectivity index (χ1) is 10.6. The summed E-state index contributed by atoms with van der Waals surface area (Å²) in [6.07, 6.45) is 2.12. The molecule has 0 bridgehead atoms. The maximum atomic E-state index is 12.6. The molecule has 1 aliphatic rings. The van der Waals surface area contributed by atoms with Crippen LogP contribution in [0.5, 0.6) is 0 Å². The normalized spacial score (nSPS) is 15.7. The van der Waals surface area contributed by atoms with Crippen LogP contribution in [0.2, 0.25) is 0 Å². The zero-order valence-corrected chi connectivity index (χ0v) is 13.8. The highest BCUT2D eigenvalue weighted by Gasteiger charge is 2.22. The summed E-state index contributed by atoms with van der Waals surface area (Å²) in [6, 6.07) is 7.13. The first kappa shape index (κ1) is 16.5. The van der Waals surface area contributed by atoms with Crippen molar-refractivity contribution in [3.63, 3.8) is 0 Å². The van der Waals surface area contributed by atoms with Gasteiger partial charge in [0.1, 0.15) is 0 Å². The fourth-order valence-electron chi connectivity index (χ4n) is 2.87. The van der Waals surface area contributed by atoms with Crippen LogP contribution in [0, 0.1) is 5.92 Å². The van der Waals surface area contributed by atoms with E-state index in [1.165, 1.54) is 0 Å².